The van der Waals surface area contributed by atoms with E-state index < -0.39 is 34.9 Å². The van der Waals surface area contributed by atoms with Gasteiger partial charge in [-0.2, -0.15) is 0 Å². The third-order valence-electron chi connectivity index (χ3n) is 3.88. The van der Waals surface area contributed by atoms with Crippen molar-refractivity contribution in [3.05, 3.63) is 59.4 Å². The summed E-state index contributed by atoms with van der Waals surface area (Å²) in [6, 6.07) is 6.65. The van der Waals surface area contributed by atoms with Crippen LogP contribution in [0, 0.1) is 11.6 Å². The van der Waals surface area contributed by atoms with E-state index in [2.05, 4.69) is 0 Å². The molecule has 3 rings (SSSR count). The Morgan fingerprint density at radius 1 is 0.923 bits per heavy atom. The van der Waals surface area contributed by atoms with Gasteiger partial charge in [-0.1, -0.05) is 6.07 Å². The highest BCUT2D eigenvalue weighted by Crippen LogP contribution is 2.36. The number of hydrogen-bond donors (Lipinski definition) is 1. The lowest BCUT2D eigenvalue weighted by Crippen LogP contribution is -2.32. The summed E-state index contributed by atoms with van der Waals surface area (Å²) in [5.41, 5.74) is -0.764. The third-order valence-corrected chi connectivity index (χ3v) is 3.88. The molecule has 0 spiro atoms. The van der Waals surface area contributed by atoms with Crippen LogP contribution in [0.25, 0.3) is 5.57 Å². The maximum absolute atomic E-state index is 14.0. The lowest BCUT2D eigenvalue weighted by Gasteiger charge is -2.15. The Morgan fingerprint density at radius 3 is 2.27 bits per heavy atom. The fourth-order valence-electron chi connectivity index (χ4n) is 2.65. The first-order valence-electron chi connectivity index (χ1n) is 7.38. The van der Waals surface area contributed by atoms with Crippen LogP contribution in [-0.2, 0) is 9.59 Å². The Morgan fingerprint density at radius 2 is 1.62 bits per heavy atom. The second-order valence-electron chi connectivity index (χ2n) is 5.33. The fraction of sp³-hybridized carbons (Fsp3) is 0.111. The highest BCUT2D eigenvalue weighted by molar-refractivity contribution is 6.44. The van der Waals surface area contributed by atoms with Crippen molar-refractivity contribution < 1.29 is 33.0 Å². The number of ether oxygens (including phenoxy) is 2. The minimum atomic E-state index is -1.15. The standard InChI is InChI=1S/C18H13F2NO5/c1-25-13-6-3-9(7-14(13)26-2)15-16(22)18(24)21(17(15)23)12-8-10(19)4-5-11(12)20/h3-8,22H,1-2H3. The molecule has 1 heterocycles. The molecule has 2 aromatic carbocycles. The van der Waals surface area contributed by atoms with Gasteiger partial charge in [-0.25, -0.2) is 13.7 Å². The summed E-state index contributed by atoms with van der Waals surface area (Å²) in [7, 11) is 2.80. The Kier molecular flexibility index (Phi) is 4.33. The molecule has 0 aliphatic carbocycles. The number of aliphatic hydroxyl groups is 1. The molecule has 0 unspecified atom stereocenters. The summed E-state index contributed by atoms with van der Waals surface area (Å²) in [5.74, 6) is -4.17. The summed E-state index contributed by atoms with van der Waals surface area (Å²) in [4.78, 5) is 25.4. The van der Waals surface area contributed by atoms with Crippen molar-refractivity contribution in [3.63, 3.8) is 0 Å². The number of rotatable bonds is 4. The van der Waals surface area contributed by atoms with E-state index in [1.165, 1.54) is 32.4 Å². The summed E-state index contributed by atoms with van der Waals surface area (Å²) in [5, 5.41) is 10.1. The van der Waals surface area contributed by atoms with E-state index in [-0.39, 0.29) is 16.9 Å². The molecule has 2 amide bonds. The van der Waals surface area contributed by atoms with Crippen molar-refractivity contribution in [1.82, 2.24) is 0 Å². The van der Waals surface area contributed by atoms with Crippen LogP contribution in [0.15, 0.2) is 42.2 Å². The van der Waals surface area contributed by atoms with Crippen LogP contribution in [0.3, 0.4) is 0 Å². The maximum Gasteiger partial charge on any atom is 0.301 e. The van der Waals surface area contributed by atoms with Crippen LogP contribution < -0.4 is 14.4 Å². The number of carbonyl (C=O) groups excluding carboxylic acids is 2. The molecule has 134 valence electrons. The van der Waals surface area contributed by atoms with Crippen molar-refractivity contribution in [2.45, 2.75) is 0 Å². The number of carbonyl (C=O) groups is 2. The number of hydrogen-bond acceptors (Lipinski definition) is 5. The van der Waals surface area contributed by atoms with Crippen molar-refractivity contribution in [3.8, 4) is 11.5 Å². The molecule has 6 nitrogen and oxygen atoms in total. The first kappa shape index (κ1) is 17.4. The lowest BCUT2D eigenvalue weighted by molar-refractivity contribution is -0.121. The van der Waals surface area contributed by atoms with Gasteiger partial charge in [0.2, 0.25) is 0 Å². The van der Waals surface area contributed by atoms with Gasteiger partial charge in [-0.05, 0) is 29.8 Å². The normalized spacial score (nSPS) is 14.2. The van der Waals surface area contributed by atoms with Crippen LogP contribution >= 0.6 is 0 Å². The van der Waals surface area contributed by atoms with Gasteiger partial charge in [0.05, 0.1) is 25.5 Å². The average molecular weight is 361 g/mol. The zero-order valence-corrected chi connectivity index (χ0v) is 13.7. The monoisotopic (exact) mass is 361 g/mol. The minimum Gasteiger partial charge on any atom is -0.502 e. The third kappa shape index (κ3) is 2.65. The smallest absolute Gasteiger partial charge is 0.301 e. The number of halogens is 2. The fourth-order valence-corrected chi connectivity index (χ4v) is 2.65. The molecule has 2 aromatic rings. The first-order valence-corrected chi connectivity index (χ1v) is 7.38. The van der Waals surface area contributed by atoms with E-state index in [1.54, 1.807) is 0 Å². The Balaban J connectivity index is 2.09. The van der Waals surface area contributed by atoms with Crippen LogP contribution in [0.4, 0.5) is 14.5 Å². The molecule has 0 saturated heterocycles. The predicted molar refractivity (Wildman–Crippen MR) is 87.9 cm³/mol. The van der Waals surface area contributed by atoms with E-state index >= 15 is 0 Å². The SMILES string of the molecule is COc1ccc(C2=C(O)C(=O)N(c3cc(F)ccc3F)C2=O)cc1OC. The average Bonchev–Trinajstić information content (AvgIpc) is 2.85. The van der Waals surface area contributed by atoms with Crippen LogP contribution in [0.5, 0.6) is 11.5 Å². The summed E-state index contributed by atoms with van der Waals surface area (Å²) >= 11 is 0. The van der Waals surface area contributed by atoms with Crippen LogP contribution in [0.1, 0.15) is 5.56 Å². The summed E-state index contributed by atoms with van der Waals surface area (Å²) < 4.78 is 37.6. The number of benzene rings is 2. The molecule has 26 heavy (non-hydrogen) atoms. The van der Waals surface area contributed by atoms with Gasteiger partial charge in [0.15, 0.2) is 17.3 Å². The number of anilines is 1. The largest absolute Gasteiger partial charge is 0.502 e. The molecule has 0 saturated carbocycles. The maximum atomic E-state index is 14.0. The highest BCUT2D eigenvalue weighted by atomic mass is 19.1. The van der Waals surface area contributed by atoms with Gasteiger partial charge in [0.25, 0.3) is 5.91 Å². The predicted octanol–water partition coefficient (Wildman–Crippen LogP) is 2.82. The number of imide groups is 1. The molecular formula is C18H13F2NO5. The van der Waals surface area contributed by atoms with Crippen LogP contribution in [-0.4, -0.2) is 31.1 Å². The molecule has 0 fully saturated rings. The molecule has 1 aliphatic rings. The van der Waals surface area contributed by atoms with Gasteiger partial charge < -0.3 is 14.6 Å². The first-order chi connectivity index (χ1) is 12.4. The topological polar surface area (TPSA) is 76.1 Å². The second kappa shape index (κ2) is 6.47. The molecular weight excluding hydrogens is 348 g/mol. The van der Waals surface area contributed by atoms with Gasteiger partial charge in [-0.3, -0.25) is 9.59 Å². The molecule has 0 radical (unpaired) electrons. The number of nitrogens with zero attached hydrogens (tertiary/aromatic N) is 1. The molecule has 0 bridgehead atoms. The molecule has 0 aromatic heterocycles. The summed E-state index contributed by atoms with van der Waals surface area (Å²) in [6.45, 7) is 0. The zero-order valence-electron chi connectivity index (χ0n) is 13.7. The van der Waals surface area contributed by atoms with Crippen LogP contribution in [0.2, 0.25) is 0 Å². The lowest BCUT2D eigenvalue weighted by atomic mass is 10.0. The number of methoxy groups -OCH3 is 2. The molecule has 0 atom stereocenters. The summed E-state index contributed by atoms with van der Waals surface area (Å²) in [6.07, 6.45) is 0. The van der Waals surface area contributed by atoms with Crippen molar-refractivity contribution in [2.24, 2.45) is 0 Å². The van der Waals surface area contributed by atoms with Gasteiger partial charge in [0, 0.05) is 6.07 Å². The van der Waals surface area contributed by atoms with Crippen molar-refractivity contribution >= 4 is 23.1 Å². The molecule has 1 N–H and O–H groups in total. The Hall–Kier alpha value is -3.42. The number of amides is 2. The van der Waals surface area contributed by atoms with Crippen molar-refractivity contribution in [1.29, 1.82) is 0 Å². The number of aliphatic hydroxyl groups excluding tert-OH is 1. The Bertz CT molecular complexity index is 955. The van der Waals surface area contributed by atoms with E-state index in [0.717, 1.165) is 12.1 Å². The van der Waals surface area contributed by atoms with E-state index in [1.807, 2.05) is 0 Å². The van der Waals surface area contributed by atoms with Gasteiger partial charge in [0.1, 0.15) is 11.6 Å². The minimum absolute atomic E-state index is 0.165. The van der Waals surface area contributed by atoms with Gasteiger partial charge >= 0.3 is 5.91 Å². The van der Waals surface area contributed by atoms with E-state index in [4.69, 9.17) is 9.47 Å². The zero-order chi connectivity index (χ0) is 19.0. The van der Waals surface area contributed by atoms with Gasteiger partial charge in [-0.15, -0.1) is 0 Å². The highest BCUT2D eigenvalue weighted by Gasteiger charge is 2.41. The van der Waals surface area contributed by atoms with E-state index in [9.17, 15) is 23.5 Å². The van der Waals surface area contributed by atoms with Crippen molar-refractivity contribution in [2.75, 3.05) is 19.1 Å². The molecule has 8 heteroatoms. The van der Waals surface area contributed by atoms with E-state index in [0.29, 0.717) is 16.7 Å². The second-order valence-corrected chi connectivity index (χ2v) is 5.33. The Labute approximate surface area is 146 Å². The molecule has 1 aliphatic heterocycles. The quantitative estimate of drug-likeness (QED) is 0.848.